The molecule has 0 saturated heterocycles. The van der Waals surface area contributed by atoms with Crippen molar-refractivity contribution in [2.45, 2.75) is 47.5 Å². The summed E-state index contributed by atoms with van der Waals surface area (Å²) in [6.07, 6.45) is 3.35. The first-order valence-corrected chi connectivity index (χ1v) is 10.2. The Kier molecular flexibility index (Phi) is 6.31. The predicted molar refractivity (Wildman–Crippen MR) is 116 cm³/mol. The van der Waals surface area contributed by atoms with Crippen molar-refractivity contribution in [1.29, 1.82) is 0 Å². The van der Waals surface area contributed by atoms with Crippen LogP contribution in [0.15, 0.2) is 47.1 Å². The molecule has 0 atom stereocenters. The maximum atomic E-state index is 12.4. The monoisotopic (exact) mass is 394 g/mol. The Morgan fingerprint density at radius 3 is 2.45 bits per heavy atom. The highest BCUT2D eigenvalue weighted by atomic mass is 16.5. The van der Waals surface area contributed by atoms with Gasteiger partial charge in [-0.3, -0.25) is 4.79 Å². The number of ketones is 1. The minimum absolute atomic E-state index is 0.0369. The molecule has 3 rings (SSSR count). The van der Waals surface area contributed by atoms with Crippen LogP contribution in [-0.2, 0) is 6.42 Å². The molecule has 4 nitrogen and oxygen atoms in total. The molecule has 0 amide bonds. The van der Waals surface area contributed by atoms with Gasteiger partial charge in [0.25, 0.3) is 0 Å². The number of rotatable bonds is 9. The van der Waals surface area contributed by atoms with E-state index < -0.39 is 0 Å². The number of aryl methyl sites for hydroxylation is 1. The van der Waals surface area contributed by atoms with Gasteiger partial charge in [-0.05, 0) is 43.9 Å². The summed E-state index contributed by atoms with van der Waals surface area (Å²) in [5.74, 6) is 0.982. The van der Waals surface area contributed by atoms with Crippen molar-refractivity contribution >= 4 is 16.8 Å². The van der Waals surface area contributed by atoms with Gasteiger partial charge in [0.15, 0.2) is 17.1 Å². The van der Waals surface area contributed by atoms with Crippen molar-refractivity contribution in [3.63, 3.8) is 0 Å². The summed E-state index contributed by atoms with van der Waals surface area (Å²) < 4.78 is 18.1. The topological polar surface area (TPSA) is 48.7 Å². The average molecular weight is 395 g/mol. The molecule has 0 spiro atoms. The first kappa shape index (κ1) is 21.0. The van der Waals surface area contributed by atoms with Gasteiger partial charge in [-0.25, -0.2) is 0 Å². The van der Waals surface area contributed by atoms with Gasteiger partial charge in [0, 0.05) is 10.8 Å². The Labute approximate surface area is 172 Å². The van der Waals surface area contributed by atoms with E-state index in [2.05, 4.69) is 38.1 Å². The van der Waals surface area contributed by atoms with E-state index in [1.165, 1.54) is 5.56 Å². The fourth-order valence-corrected chi connectivity index (χ4v) is 3.67. The molecule has 0 fully saturated rings. The third kappa shape index (κ3) is 4.64. The average Bonchev–Trinajstić information content (AvgIpc) is 3.16. The summed E-state index contributed by atoms with van der Waals surface area (Å²) in [5.41, 5.74) is 3.23. The van der Waals surface area contributed by atoms with Crippen LogP contribution < -0.4 is 9.47 Å². The molecule has 3 aromatic rings. The first-order valence-electron chi connectivity index (χ1n) is 10.2. The van der Waals surface area contributed by atoms with E-state index in [1.807, 2.05) is 26.0 Å². The van der Waals surface area contributed by atoms with Gasteiger partial charge in [-0.1, -0.05) is 51.1 Å². The number of carbonyl (C=O) groups is 1. The SMILES string of the molecule is CCCOc1c(C(C)=O)c(C)c2ccoc2c1OCC(C)(C)Cc1ccccc1. The lowest BCUT2D eigenvalue weighted by Crippen LogP contribution is -2.24. The van der Waals surface area contributed by atoms with Crippen LogP contribution >= 0.6 is 0 Å². The first-order chi connectivity index (χ1) is 13.8. The van der Waals surface area contributed by atoms with Crippen LogP contribution in [-0.4, -0.2) is 19.0 Å². The summed E-state index contributed by atoms with van der Waals surface area (Å²) >= 11 is 0. The minimum Gasteiger partial charge on any atom is -0.489 e. The zero-order valence-electron chi connectivity index (χ0n) is 18.0. The Morgan fingerprint density at radius 1 is 1.07 bits per heavy atom. The van der Waals surface area contributed by atoms with E-state index in [-0.39, 0.29) is 11.2 Å². The molecule has 1 heterocycles. The van der Waals surface area contributed by atoms with Crippen LogP contribution in [0.3, 0.4) is 0 Å². The second-order valence-electron chi connectivity index (χ2n) is 8.34. The third-order valence-electron chi connectivity index (χ3n) is 5.02. The second kappa shape index (κ2) is 8.73. The Morgan fingerprint density at radius 2 is 1.79 bits per heavy atom. The third-order valence-corrected chi connectivity index (χ3v) is 5.02. The summed E-state index contributed by atoms with van der Waals surface area (Å²) in [4.78, 5) is 12.4. The highest BCUT2D eigenvalue weighted by Crippen LogP contribution is 2.43. The molecule has 4 heteroatoms. The van der Waals surface area contributed by atoms with Gasteiger partial charge in [-0.2, -0.15) is 0 Å². The van der Waals surface area contributed by atoms with Crippen molar-refractivity contribution in [2.24, 2.45) is 5.41 Å². The standard InChI is InChI=1S/C25H30O4/c1-6-13-27-23-21(18(3)26)17(2)20-12-14-28-22(20)24(23)29-16-25(4,5)15-19-10-8-7-9-11-19/h7-12,14H,6,13,15-16H2,1-5H3. The van der Waals surface area contributed by atoms with Crippen LogP contribution in [0, 0.1) is 12.3 Å². The van der Waals surface area contributed by atoms with Gasteiger partial charge < -0.3 is 13.9 Å². The number of carbonyl (C=O) groups excluding carboxylic acids is 1. The van der Waals surface area contributed by atoms with Crippen LogP contribution in [0.25, 0.3) is 11.0 Å². The molecule has 0 radical (unpaired) electrons. The largest absolute Gasteiger partial charge is 0.489 e. The quantitative estimate of drug-likeness (QED) is 0.395. The Balaban J connectivity index is 1.97. The molecule has 0 bridgehead atoms. The number of fused-ring (bicyclic) bond motifs is 1. The Hall–Kier alpha value is -2.75. The number of ether oxygens (including phenoxy) is 2. The normalized spacial score (nSPS) is 11.6. The molecule has 2 aromatic carbocycles. The van der Waals surface area contributed by atoms with Crippen molar-refractivity contribution < 1.29 is 18.7 Å². The van der Waals surface area contributed by atoms with Gasteiger partial charge in [-0.15, -0.1) is 0 Å². The van der Waals surface area contributed by atoms with E-state index in [9.17, 15) is 4.79 Å². The smallest absolute Gasteiger partial charge is 0.205 e. The zero-order valence-corrected chi connectivity index (χ0v) is 18.0. The number of furan rings is 1. The highest BCUT2D eigenvalue weighted by molar-refractivity contribution is 6.05. The van der Waals surface area contributed by atoms with Crippen molar-refractivity contribution in [3.8, 4) is 11.5 Å². The fourth-order valence-electron chi connectivity index (χ4n) is 3.67. The van der Waals surface area contributed by atoms with Gasteiger partial charge in [0.05, 0.1) is 25.0 Å². The summed E-state index contributed by atoms with van der Waals surface area (Å²) in [6, 6.07) is 12.3. The highest BCUT2D eigenvalue weighted by Gasteiger charge is 2.27. The zero-order chi connectivity index (χ0) is 21.0. The van der Waals surface area contributed by atoms with Crippen LogP contribution in [0.4, 0.5) is 0 Å². The molecule has 0 saturated carbocycles. The molecule has 29 heavy (non-hydrogen) atoms. The van der Waals surface area contributed by atoms with Gasteiger partial charge in [0.2, 0.25) is 5.75 Å². The lowest BCUT2D eigenvalue weighted by molar-refractivity contribution is 0.101. The van der Waals surface area contributed by atoms with E-state index >= 15 is 0 Å². The maximum Gasteiger partial charge on any atom is 0.205 e. The van der Waals surface area contributed by atoms with Gasteiger partial charge in [0.1, 0.15) is 0 Å². The number of Topliss-reactive ketones (excluding diaryl/α,β-unsaturated/α-hetero) is 1. The molecule has 0 unspecified atom stereocenters. The second-order valence-corrected chi connectivity index (χ2v) is 8.34. The van der Waals surface area contributed by atoms with Gasteiger partial charge >= 0.3 is 0 Å². The summed E-state index contributed by atoms with van der Waals surface area (Å²) in [6.45, 7) is 10.9. The lowest BCUT2D eigenvalue weighted by Gasteiger charge is -2.26. The summed E-state index contributed by atoms with van der Waals surface area (Å²) in [5, 5.41) is 0.884. The van der Waals surface area contributed by atoms with E-state index in [0.29, 0.717) is 35.9 Å². The van der Waals surface area contributed by atoms with Crippen LogP contribution in [0.1, 0.15) is 55.6 Å². The minimum atomic E-state index is -0.108. The van der Waals surface area contributed by atoms with Crippen LogP contribution in [0.2, 0.25) is 0 Å². The number of benzene rings is 2. The van der Waals surface area contributed by atoms with E-state index in [4.69, 9.17) is 13.9 Å². The molecule has 0 aliphatic rings. The number of hydrogen-bond donors (Lipinski definition) is 0. The molecular formula is C25H30O4. The van der Waals surface area contributed by atoms with E-state index in [0.717, 1.165) is 23.8 Å². The van der Waals surface area contributed by atoms with E-state index in [1.54, 1.807) is 13.2 Å². The van der Waals surface area contributed by atoms with Crippen molar-refractivity contribution in [1.82, 2.24) is 0 Å². The predicted octanol–water partition coefficient (Wildman–Crippen LogP) is 6.38. The van der Waals surface area contributed by atoms with Crippen molar-refractivity contribution in [3.05, 3.63) is 59.4 Å². The molecular weight excluding hydrogens is 364 g/mol. The fraction of sp³-hybridized carbons (Fsp3) is 0.400. The molecule has 0 aliphatic carbocycles. The molecule has 1 aromatic heterocycles. The lowest BCUT2D eigenvalue weighted by atomic mass is 9.86. The number of hydrogen-bond acceptors (Lipinski definition) is 4. The van der Waals surface area contributed by atoms with Crippen LogP contribution in [0.5, 0.6) is 11.5 Å². The maximum absolute atomic E-state index is 12.4. The molecule has 0 aliphatic heterocycles. The molecule has 0 N–H and O–H groups in total. The molecule has 154 valence electrons. The van der Waals surface area contributed by atoms with Crippen molar-refractivity contribution in [2.75, 3.05) is 13.2 Å². The Bertz CT molecular complexity index is 983. The summed E-state index contributed by atoms with van der Waals surface area (Å²) in [7, 11) is 0.